The Morgan fingerprint density at radius 2 is 1.45 bits per heavy atom. The average molecular weight is 755 g/mol. The Balaban J connectivity index is 0.00000145. The largest absolute Gasteiger partial charge is 0.364 e. The van der Waals surface area contributed by atoms with Gasteiger partial charge in [-0.05, 0) is 89.4 Å². The summed E-state index contributed by atoms with van der Waals surface area (Å²) in [6, 6.07) is 13.7. The van der Waals surface area contributed by atoms with Crippen molar-refractivity contribution in [2.45, 2.75) is 138 Å². The summed E-state index contributed by atoms with van der Waals surface area (Å²) in [4.78, 5) is 5.13. The summed E-state index contributed by atoms with van der Waals surface area (Å²) in [6.45, 7) is 36.7. The summed E-state index contributed by atoms with van der Waals surface area (Å²) >= 11 is 0. The summed E-state index contributed by atoms with van der Waals surface area (Å²) in [7, 11) is 0. The van der Waals surface area contributed by atoms with Crippen molar-refractivity contribution in [3.05, 3.63) is 150 Å². The van der Waals surface area contributed by atoms with Crippen LogP contribution in [0, 0.1) is 5.41 Å². The lowest BCUT2D eigenvalue weighted by molar-refractivity contribution is 0.363. The predicted octanol–water partition coefficient (Wildman–Crippen LogP) is 14.3. The van der Waals surface area contributed by atoms with Crippen molar-refractivity contribution in [3.63, 3.8) is 0 Å². The maximum Gasteiger partial charge on any atom is 0.0568 e. The first kappa shape index (κ1) is 47.9. The highest BCUT2D eigenvalue weighted by Gasteiger charge is 2.43. The first-order chi connectivity index (χ1) is 27.1. The molecule has 0 bridgehead atoms. The fraction of sp³-hybridized carbons (Fsp3) is 0.444. The molecule has 0 spiro atoms. The van der Waals surface area contributed by atoms with Crippen molar-refractivity contribution in [1.29, 1.82) is 0 Å². The molecular weight excluding hydrogens is 677 g/mol. The fourth-order valence-corrected chi connectivity index (χ4v) is 8.00. The van der Waals surface area contributed by atoms with Crippen molar-refractivity contribution in [3.8, 4) is 0 Å². The van der Waals surface area contributed by atoms with Gasteiger partial charge < -0.3 is 9.80 Å². The second-order valence-corrected chi connectivity index (χ2v) is 15.8. The van der Waals surface area contributed by atoms with Crippen LogP contribution in [0.25, 0.3) is 23.8 Å². The molecule has 5 rings (SSSR count). The van der Waals surface area contributed by atoms with Crippen LogP contribution in [0.2, 0.25) is 0 Å². The van der Waals surface area contributed by atoms with Crippen molar-refractivity contribution >= 4 is 29.5 Å². The molecule has 0 aromatic heterocycles. The van der Waals surface area contributed by atoms with Crippen LogP contribution >= 0.6 is 0 Å². The molecule has 3 aliphatic rings. The third kappa shape index (κ3) is 12.3. The third-order valence-electron chi connectivity index (χ3n) is 10.9. The highest BCUT2D eigenvalue weighted by Crippen LogP contribution is 2.45. The topological polar surface area (TPSA) is 6.48 Å². The number of unbranched alkanes of at least 4 members (excludes halogenated alkanes) is 5. The summed E-state index contributed by atoms with van der Waals surface area (Å²) in [6.07, 6.45) is 39.1. The minimum atomic E-state index is -0.228. The van der Waals surface area contributed by atoms with E-state index in [1.54, 1.807) is 0 Å². The van der Waals surface area contributed by atoms with Gasteiger partial charge in [0.25, 0.3) is 0 Å². The first-order valence-electron chi connectivity index (χ1n) is 21.8. The number of hydrogen-bond acceptors (Lipinski definition) is 2. The normalized spacial score (nSPS) is 18.8. The number of rotatable bonds is 14. The molecule has 0 fully saturated rings. The molecule has 2 aromatic carbocycles. The smallest absolute Gasteiger partial charge is 0.0568 e. The van der Waals surface area contributed by atoms with Gasteiger partial charge in [0, 0.05) is 41.5 Å². The molecular formula is C54H78N2. The molecule has 0 saturated carbocycles. The van der Waals surface area contributed by atoms with Gasteiger partial charge in [-0.2, -0.15) is 0 Å². The quantitative estimate of drug-likeness (QED) is 0.108. The van der Waals surface area contributed by atoms with Crippen LogP contribution in [0.5, 0.6) is 0 Å². The molecule has 2 aromatic rings. The monoisotopic (exact) mass is 755 g/mol. The van der Waals surface area contributed by atoms with E-state index in [0.717, 1.165) is 44.3 Å². The molecule has 0 amide bonds. The lowest BCUT2D eigenvalue weighted by atomic mass is 9.75. The van der Waals surface area contributed by atoms with Gasteiger partial charge in [0.1, 0.15) is 0 Å². The van der Waals surface area contributed by atoms with E-state index in [0.29, 0.717) is 6.04 Å². The highest BCUT2D eigenvalue weighted by atomic mass is 15.2. The van der Waals surface area contributed by atoms with E-state index >= 15 is 0 Å². The van der Waals surface area contributed by atoms with Crippen LogP contribution in [0.15, 0.2) is 123 Å². The van der Waals surface area contributed by atoms with E-state index in [1.807, 2.05) is 19.9 Å². The lowest BCUT2D eigenvalue weighted by Gasteiger charge is -2.39. The molecule has 2 heterocycles. The molecule has 0 radical (unpaired) electrons. The number of benzene rings is 2. The van der Waals surface area contributed by atoms with Gasteiger partial charge in [0.2, 0.25) is 0 Å². The van der Waals surface area contributed by atoms with E-state index < -0.39 is 0 Å². The van der Waals surface area contributed by atoms with Crippen molar-refractivity contribution in [2.75, 3.05) is 18.0 Å². The van der Waals surface area contributed by atoms with E-state index in [4.69, 9.17) is 0 Å². The summed E-state index contributed by atoms with van der Waals surface area (Å²) in [5.41, 5.74) is 7.67. The number of fused-ring (bicyclic) bond motifs is 4. The molecule has 1 atom stereocenters. The maximum absolute atomic E-state index is 4.63. The number of hydrogen-bond donors (Lipinski definition) is 0. The Labute approximate surface area is 344 Å². The molecule has 1 unspecified atom stereocenters. The van der Waals surface area contributed by atoms with E-state index in [1.165, 1.54) is 77.0 Å². The van der Waals surface area contributed by atoms with Crippen LogP contribution in [0.1, 0.15) is 143 Å². The van der Waals surface area contributed by atoms with E-state index in [-0.39, 0.29) is 10.8 Å². The Kier molecular flexibility index (Phi) is 21.4. The zero-order valence-electron chi connectivity index (χ0n) is 37.2. The minimum absolute atomic E-state index is 0.0344. The fourth-order valence-electron chi connectivity index (χ4n) is 8.00. The van der Waals surface area contributed by atoms with Crippen LogP contribution in [-0.2, 0) is 5.41 Å². The Morgan fingerprint density at radius 1 is 0.786 bits per heavy atom. The highest BCUT2D eigenvalue weighted by molar-refractivity contribution is 5.78. The second kappa shape index (κ2) is 25.1. The van der Waals surface area contributed by atoms with Gasteiger partial charge in [0.05, 0.1) is 6.04 Å². The molecule has 1 aliphatic carbocycles. The summed E-state index contributed by atoms with van der Waals surface area (Å²) in [5, 5.41) is 2.89. The van der Waals surface area contributed by atoms with Gasteiger partial charge in [-0.15, -0.1) is 19.7 Å². The predicted molar refractivity (Wildman–Crippen MR) is 255 cm³/mol. The third-order valence-corrected chi connectivity index (χ3v) is 10.9. The van der Waals surface area contributed by atoms with Gasteiger partial charge in [0.15, 0.2) is 0 Å². The Morgan fingerprint density at radius 3 is 2.16 bits per heavy atom. The first-order valence-corrected chi connectivity index (χ1v) is 21.8. The van der Waals surface area contributed by atoms with Crippen LogP contribution in [0.4, 0.5) is 5.69 Å². The minimum Gasteiger partial charge on any atom is -0.364 e. The molecule has 2 nitrogen and oxygen atoms in total. The van der Waals surface area contributed by atoms with Gasteiger partial charge in [-0.1, -0.05) is 180 Å². The maximum atomic E-state index is 4.63. The van der Waals surface area contributed by atoms with Crippen LogP contribution in [0.3, 0.4) is 0 Å². The van der Waals surface area contributed by atoms with Crippen LogP contribution < -0.4 is 15.3 Å². The molecule has 0 N–H and O–H groups in total. The number of anilines is 1. The summed E-state index contributed by atoms with van der Waals surface area (Å²) in [5.74, 6) is 0. The number of allylic oxidation sites excluding steroid dienone is 8. The summed E-state index contributed by atoms with van der Waals surface area (Å²) < 4.78 is 0. The van der Waals surface area contributed by atoms with Gasteiger partial charge >= 0.3 is 0 Å². The van der Waals surface area contributed by atoms with Gasteiger partial charge in [-0.3, -0.25) is 0 Å². The zero-order chi connectivity index (χ0) is 41.6. The molecule has 56 heavy (non-hydrogen) atoms. The van der Waals surface area contributed by atoms with Crippen molar-refractivity contribution in [2.24, 2.45) is 5.41 Å². The SMILES string of the molecule is C=C.C=CCCCCCN1/C=C\c2ccccc2C(=C)C(C)(C)/C1=C/C=C/C=C/C=C/C1N(CCCCC)c2ccc3c(c2C1(C)C)=CCCC=3.CC.CCC. The van der Waals surface area contributed by atoms with E-state index in [9.17, 15) is 0 Å². The number of nitrogens with zero attached hydrogens (tertiary/aromatic N) is 2. The standard InChI is InChI=1S/C47H60N2.C3H8.C2H6.C2H4/c1-8-10-12-16-24-34-48-36-33-39-26-19-21-27-40(39)37(3)46(4,5)43(48)29-17-14-13-15-18-30-44-47(6,7)45-41-28-22-20-25-38(41)31-32-42(45)49(44)35-23-11-9-2;1-3-2;2*1-2/h8,13-15,17-19,21,25-33,36,44H,1,3,9-12,16,20,22-24,34-35H2,2,4-7H3;3H2,1-2H3;1-2H3;1-2H2/b15-13+,17-14+,30-18+,36-33-,43-29-;;;. The molecule has 2 aliphatic heterocycles. The molecule has 0 saturated heterocycles. The van der Waals surface area contributed by atoms with Crippen molar-refractivity contribution < 1.29 is 0 Å². The zero-order valence-corrected chi connectivity index (χ0v) is 37.2. The Bertz CT molecular complexity index is 1790. The van der Waals surface area contributed by atoms with Crippen LogP contribution in [-0.4, -0.2) is 24.0 Å². The molecule has 304 valence electrons. The average Bonchev–Trinajstić information content (AvgIpc) is 3.43. The van der Waals surface area contributed by atoms with Crippen molar-refractivity contribution in [1.82, 2.24) is 4.90 Å². The Hall–Kier alpha value is -4.30. The second-order valence-electron chi connectivity index (χ2n) is 15.8. The molecule has 2 heteroatoms. The van der Waals surface area contributed by atoms with E-state index in [2.05, 4.69) is 188 Å². The lowest BCUT2D eigenvalue weighted by Crippen LogP contribution is -2.42. The van der Waals surface area contributed by atoms with Gasteiger partial charge in [-0.25, -0.2) is 0 Å².